The molecule has 0 aliphatic carbocycles. The van der Waals surface area contributed by atoms with Gasteiger partial charge in [0.15, 0.2) is 10.1 Å². The number of halogens is 1. The quantitative estimate of drug-likeness (QED) is 0.119. The Morgan fingerprint density at radius 1 is 0.597 bits per heavy atom. The smallest absolute Gasteiger partial charge is 0.410 e. The van der Waals surface area contributed by atoms with Gasteiger partial charge >= 0.3 is 6.09 Å². The maximum absolute atomic E-state index is 13.7. The zero-order valence-corrected chi connectivity index (χ0v) is 38.3. The minimum atomic E-state index is -3.89. The van der Waals surface area contributed by atoms with Gasteiger partial charge in [0, 0.05) is 41.1 Å². The van der Waals surface area contributed by atoms with E-state index < -0.39 is 19.7 Å². The zero-order chi connectivity index (χ0) is 45.3. The number of nitrogens with one attached hydrogen (secondary N) is 3. The van der Waals surface area contributed by atoms with Crippen molar-refractivity contribution >= 4 is 81.5 Å². The Kier molecular flexibility index (Phi) is 12.9. The van der Waals surface area contributed by atoms with Gasteiger partial charge in [-0.05, 0) is 77.8 Å². The molecule has 2 aromatic heterocycles. The second kappa shape index (κ2) is 19.1. The second-order valence-electron chi connectivity index (χ2n) is 16.2. The highest BCUT2D eigenvalue weighted by Gasteiger charge is 2.30. The van der Waals surface area contributed by atoms with Crippen LogP contribution in [0.4, 0.5) is 4.79 Å². The Balaban J connectivity index is 0.000000173. The molecule has 0 spiro atoms. The first-order valence-electron chi connectivity index (χ1n) is 21.5. The monoisotopic (exact) mass is 956 g/mol. The third-order valence-corrected chi connectivity index (χ3v) is 15.4. The molecule has 342 valence electrons. The summed E-state index contributed by atoms with van der Waals surface area (Å²) < 4.78 is 71.9. The molecule has 11 rings (SSSR count). The Morgan fingerprint density at radius 2 is 1.12 bits per heavy atom. The van der Waals surface area contributed by atoms with Crippen molar-refractivity contribution in [1.82, 2.24) is 30.6 Å². The van der Waals surface area contributed by atoms with E-state index in [0.717, 1.165) is 35.8 Å². The number of likely N-dealkylation sites (tertiary alicyclic amines) is 1. The maximum Gasteiger partial charge on any atom is 0.410 e. The molecule has 2 saturated heterocycles. The van der Waals surface area contributed by atoms with E-state index in [1.165, 1.54) is 0 Å². The molecule has 14 nitrogen and oxygen atoms in total. The SMILES string of the molecule is Cl.O=C(OCc1ccccc1)N1CCC(Oc2ccc3n[nH]c(S(=O)(=O)c4cccc5ccccc45)c3c2)C1.O=S(=O)(c1cccc2ccccc12)c1[nH]nc2ccc(OC3CCNC3)cc12. The third kappa shape index (κ3) is 9.25. The summed E-state index contributed by atoms with van der Waals surface area (Å²) in [7, 11) is -7.66. The van der Waals surface area contributed by atoms with Gasteiger partial charge in [0.05, 0.1) is 27.4 Å². The van der Waals surface area contributed by atoms with Crippen LogP contribution in [0.3, 0.4) is 0 Å². The molecule has 2 fully saturated rings. The molecule has 9 aromatic rings. The molecule has 4 heterocycles. The van der Waals surface area contributed by atoms with Gasteiger partial charge in [-0.2, -0.15) is 10.2 Å². The van der Waals surface area contributed by atoms with Crippen LogP contribution >= 0.6 is 12.4 Å². The van der Waals surface area contributed by atoms with Crippen LogP contribution in [0.5, 0.6) is 11.5 Å². The van der Waals surface area contributed by atoms with E-state index in [1.807, 2.05) is 91.0 Å². The summed E-state index contributed by atoms with van der Waals surface area (Å²) in [4.78, 5) is 14.6. The van der Waals surface area contributed by atoms with Crippen molar-refractivity contribution in [3.63, 3.8) is 0 Å². The number of nitrogens with zero attached hydrogens (tertiary/aromatic N) is 3. The predicted molar refractivity (Wildman–Crippen MR) is 257 cm³/mol. The van der Waals surface area contributed by atoms with Gasteiger partial charge in [-0.1, -0.05) is 103 Å². The highest BCUT2D eigenvalue weighted by molar-refractivity contribution is 7.92. The number of rotatable bonds is 10. The van der Waals surface area contributed by atoms with E-state index in [2.05, 4.69) is 25.7 Å². The number of hydrogen-bond acceptors (Lipinski definition) is 11. The molecule has 67 heavy (non-hydrogen) atoms. The van der Waals surface area contributed by atoms with E-state index >= 15 is 0 Å². The highest BCUT2D eigenvalue weighted by Crippen LogP contribution is 2.35. The molecule has 3 N–H and O–H groups in total. The average Bonchev–Trinajstić information content (AvgIpc) is 4.19. The number of carbonyl (C=O) groups is 1. The summed E-state index contributed by atoms with van der Waals surface area (Å²) in [5, 5.41) is 21.3. The van der Waals surface area contributed by atoms with Crippen molar-refractivity contribution in [2.75, 3.05) is 26.2 Å². The van der Waals surface area contributed by atoms with Crippen molar-refractivity contribution in [2.24, 2.45) is 0 Å². The fourth-order valence-corrected chi connectivity index (χ4v) is 11.6. The molecule has 1 amide bonds. The summed E-state index contributed by atoms with van der Waals surface area (Å²) in [5.74, 6) is 1.16. The Bertz CT molecular complexity index is 3460. The Hall–Kier alpha value is -6.98. The summed E-state index contributed by atoms with van der Waals surface area (Å²) in [6.07, 6.45) is 1.06. The minimum absolute atomic E-state index is 0. The van der Waals surface area contributed by atoms with E-state index in [9.17, 15) is 21.6 Å². The van der Waals surface area contributed by atoms with E-state index in [1.54, 1.807) is 65.6 Å². The number of amides is 1. The molecule has 0 radical (unpaired) electrons. The minimum Gasteiger partial charge on any atom is -0.489 e. The van der Waals surface area contributed by atoms with Crippen molar-refractivity contribution < 1.29 is 35.8 Å². The summed E-state index contributed by atoms with van der Waals surface area (Å²) in [5.41, 5.74) is 2.04. The summed E-state index contributed by atoms with van der Waals surface area (Å²) in [6.45, 7) is 2.85. The van der Waals surface area contributed by atoms with Crippen LogP contribution in [0.25, 0.3) is 43.4 Å². The number of ether oxygens (including phenoxy) is 3. The van der Waals surface area contributed by atoms with Crippen LogP contribution in [0.1, 0.15) is 18.4 Å². The molecular formula is C50H45ClN6O8S2. The first kappa shape index (κ1) is 45.2. The van der Waals surface area contributed by atoms with E-state index in [-0.39, 0.29) is 57.2 Å². The molecule has 0 bridgehead atoms. The lowest BCUT2D eigenvalue weighted by atomic mass is 10.1. The van der Waals surface area contributed by atoms with Gasteiger partial charge < -0.3 is 24.4 Å². The first-order valence-corrected chi connectivity index (χ1v) is 24.5. The van der Waals surface area contributed by atoms with Crippen LogP contribution in [-0.2, 0) is 31.0 Å². The maximum atomic E-state index is 13.7. The molecule has 2 aliphatic rings. The molecule has 0 saturated carbocycles. The summed E-state index contributed by atoms with van der Waals surface area (Å²) >= 11 is 0. The molecule has 17 heteroatoms. The molecule has 7 aromatic carbocycles. The zero-order valence-electron chi connectivity index (χ0n) is 35.9. The van der Waals surface area contributed by atoms with Gasteiger partial charge in [0.25, 0.3) is 0 Å². The lowest BCUT2D eigenvalue weighted by Gasteiger charge is -2.17. The fourth-order valence-electron chi connectivity index (χ4n) is 8.48. The van der Waals surface area contributed by atoms with E-state index in [0.29, 0.717) is 63.6 Å². The average molecular weight is 958 g/mol. The van der Waals surface area contributed by atoms with Crippen molar-refractivity contribution in [3.8, 4) is 11.5 Å². The van der Waals surface area contributed by atoms with Gasteiger partial charge in [-0.3, -0.25) is 10.2 Å². The second-order valence-corrected chi connectivity index (χ2v) is 19.9. The number of aromatic amines is 2. The van der Waals surface area contributed by atoms with Crippen LogP contribution in [0.15, 0.2) is 172 Å². The standard InChI is InChI=1S/C29H25N3O5S.C21H19N3O3S.ClH/c33-29(36-19-20-7-2-1-3-8-20)32-16-15-23(18-32)37-22-13-14-26-25(17-22)28(31-30-26)38(34,35)27-12-6-10-21-9-4-5-11-24(21)27;25-28(26,20-7-3-5-14-4-1-2-6-17(14)20)21-18-12-15(8-9-19(18)23-24-21)27-16-10-11-22-13-16;/h1-14,17,23H,15-16,18-19H2,(H,30,31);1-9,12,16,22H,10-11,13H2,(H,23,24);1H. The van der Waals surface area contributed by atoms with Crippen LogP contribution in [-0.4, -0.2) is 86.6 Å². The molecule has 2 aliphatic heterocycles. The molecule has 2 atom stereocenters. The number of benzene rings is 7. The predicted octanol–water partition coefficient (Wildman–Crippen LogP) is 9.05. The summed E-state index contributed by atoms with van der Waals surface area (Å²) in [6, 6.07) is 45.4. The third-order valence-electron chi connectivity index (χ3n) is 11.8. The van der Waals surface area contributed by atoms with Gasteiger partial charge in [0.2, 0.25) is 19.7 Å². The molecule has 2 unspecified atom stereocenters. The highest BCUT2D eigenvalue weighted by atomic mass is 35.5. The fraction of sp³-hybridized carbons (Fsp3) is 0.180. The first-order chi connectivity index (χ1) is 32.1. The Morgan fingerprint density at radius 3 is 1.67 bits per heavy atom. The van der Waals surface area contributed by atoms with E-state index in [4.69, 9.17) is 14.2 Å². The number of aromatic nitrogens is 4. The van der Waals surface area contributed by atoms with Crippen molar-refractivity contribution in [2.45, 2.75) is 51.5 Å². The van der Waals surface area contributed by atoms with Gasteiger partial charge in [-0.15, -0.1) is 12.4 Å². The lowest BCUT2D eigenvalue weighted by Crippen LogP contribution is -2.31. The number of hydrogen-bond donors (Lipinski definition) is 3. The van der Waals surface area contributed by atoms with Gasteiger partial charge in [-0.25, -0.2) is 21.6 Å². The van der Waals surface area contributed by atoms with Gasteiger partial charge in [0.1, 0.15) is 30.3 Å². The topological polar surface area (TPSA) is 186 Å². The number of H-pyrrole nitrogens is 2. The number of fused-ring (bicyclic) bond motifs is 4. The largest absolute Gasteiger partial charge is 0.489 e. The number of carbonyl (C=O) groups excluding carboxylic acids is 1. The van der Waals surface area contributed by atoms with Crippen LogP contribution in [0.2, 0.25) is 0 Å². The normalized spacial score (nSPS) is 16.1. The lowest BCUT2D eigenvalue weighted by molar-refractivity contribution is 0.0991. The Labute approximate surface area is 392 Å². The number of sulfone groups is 2. The van der Waals surface area contributed by atoms with Crippen molar-refractivity contribution in [3.05, 3.63) is 157 Å². The molecular weight excluding hydrogens is 912 g/mol. The van der Waals surface area contributed by atoms with Crippen LogP contribution < -0.4 is 14.8 Å². The van der Waals surface area contributed by atoms with Crippen molar-refractivity contribution in [1.29, 1.82) is 0 Å². The van der Waals surface area contributed by atoms with Crippen LogP contribution in [0, 0.1) is 0 Å².